The fraction of sp³-hybridized carbons (Fsp3) is 0.667. The molecule has 0 aliphatic heterocycles. The summed E-state index contributed by atoms with van der Waals surface area (Å²) in [6, 6.07) is 0. The molecular formula is C6H10FNO4. The van der Waals surface area contributed by atoms with Crippen LogP contribution in [0.2, 0.25) is 0 Å². The van der Waals surface area contributed by atoms with Crippen LogP contribution in [0, 0.1) is 0 Å². The van der Waals surface area contributed by atoms with E-state index in [4.69, 9.17) is 15.9 Å². The molecule has 4 N–H and O–H groups in total. The van der Waals surface area contributed by atoms with Crippen molar-refractivity contribution in [2.45, 2.75) is 18.4 Å². The molecule has 12 heavy (non-hydrogen) atoms. The molecule has 0 saturated heterocycles. The number of alkyl halides is 1. The van der Waals surface area contributed by atoms with E-state index in [9.17, 15) is 14.0 Å². The Morgan fingerprint density at radius 3 is 2.17 bits per heavy atom. The monoisotopic (exact) mass is 179 g/mol. The lowest BCUT2D eigenvalue weighted by molar-refractivity contribution is -0.145. The van der Waals surface area contributed by atoms with Gasteiger partial charge in [-0.3, -0.25) is 9.59 Å². The van der Waals surface area contributed by atoms with Gasteiger partial charge in [0.15, 0.2) is 0 Å². The maximum absolute atomic E-state index is 12.0. The van der Waals surface area contributed by atoms with Gasteiger partial charge >= 0.3 is 11.9 Å². The van der Waals surface area contributed by atoms with Crippen molar-refractivity contribution in [1.82, 2.24) is 0 Å². The number of carbonyl (C=O) groups is 2. The third-order valence-electron chi connectivity index (χ3n) is 1.45. The Labute approximate surface area is 68.0 Å². The molecule has 0 radical (unpaired) electrons. The van der Waals surface area contributed by atoms with Gasteiger partial charge in [0, 0.05) is 6.42 Å². The third-order valence-corrected chi connectivity index (χ3v) is 1.45. The Bertz CT molecular complexity index is 196. The molecule has 0 fully saturated rings. The number of rotatable bonds is 5. The van der Waals surface area contributed by atoms with Crippen LogP contribution in [0.4, 0.5) is 4.39 Å². The van der Waals surface area contributed by atoms with Crippen molar-refractivity contribution < 1.29 is 24.2 Å². The van der Waals surface area contributed by atoms with Crippen molar-refractivity contribution >= 4 is 11.9 Å². The van der Waals surface area contributed by atoms with Crippen molar-refractivity contribution in [2.24, 2.45) is 5.73 Å². The number of nitrogens with two attached hydrogens (primary N) is 1. The molecular weight excluding hydrogens is 169 g/mol. The number of hydrogen-bond acceptors (Lipinski definition) is 3. The SMILES string of the molecule is NC(CF)(CCC(=O)O)C(=O)O. The molecule has 0 amide bonds. The summed E-state index contributed by atoms with van der Waals surface area (Å²) in [6.45, 7) is -1.27. The fourth-order valence-electron chi connectivity index (χ4n) is 0.561. The summed E-state index contributed by atoms with van der Waals surface area (Å²) in [6.07, 6.45) is -0.860. The second-order valence-electron chi connectivity index (χ2n) is 2.49. The standard InChI is InChI=1S/C6H10FNO4/c7-3-6(8,5(11)12)2-1-4(9)10/h1-3,8H2,(H,9,10)(H,11,12). The van der Waals surface area contributed by atoms with Gasteiger partial charge in [-0.1, -0.05) is 0 Å². The Balaban J connectivity index is 4.15. The number of hydrogen-bond donors (Lipinski definition) is 3. The van der Waals surface area contributed by atoms with E-state index in [0.717, 1.165) is 0 Å². The molecule has 0 aromatic rings. The highest BCUT2D eigenvalue weighted by Gasteiger charge is 2.34. The Kier molecular flexibility index (Phi) is 3.62. The van der Waals surface area contributed by atoms with Crippen LogP contribution >= 0.6 is 0 Å². The van der Waals surface area contributed by atoms with E-state index in [1.54, 1.807) is 0 Å². The summed E-state index contributed by atoms with van der Waals surface area (Å²) in [5.74, 6) is -2.72. The van der Waals surface area contributed by atoms with Crippen molar-refractivity contribution in [2.75, 3.05) is 6.67 Å². The van der Waals surface area contributed by atoms with Crippen LogP contribution < -0.4 is 5.73 Å². The Morgan fingerprint density at radius 2 is 1.92 bits per heavy atom. The molecule has 0 rings (SSSR count). The minimum absolute atomic E-state index is 0.409. The number of aliphatic carboxylic acids is 2. The first kappa shape index (κ1) is 10.8. The van der Waals surface area contributed by atoms with Crippen LogP contribution in [-0.2, 0) is 9.59 Å². The molecule has 0 aliphatic carbocycles. The summed E-state index contributed by atoms with van der Waals surface area (Å²) in [5.41, 5.74) is 2.99. The first-order valence-corrected chi connectivity index (χ1v) is 3.22. The van der Waals surface area contributed by atoms with E-state index in [1.165, 1.54) is 0 Å². The summed E-state index contributed by atoms with van der Waals surface area (Å²) < 4.78 is 12.0. The quantitative estimate of drug-likeness (QED) is 0.533. The lowest BCUT2D eigenvalue weighted by Gasteiger charge is -2.19. The van der Waals surface area contributed by atoms with Crippen molar-refractivity contribution in [3.63, 3.8) is 0 Å². The van der Waals surface area contributed by atoms with Gasteiger partial charge in [-0.05, 0) is 6.42 Å². The summed E-state index contributed by atoms with van der Waals surface area (Å²) >= 11 is 0. The number of carboxylic acid groups (broad SMARTS) is 2. The molecule has 70 valence electrons. The predicted octanol–water partition coefficient (Wildman–Crippen LogP) is -0.397. The zero-order chi connectivity index (χ0) is 9.78. The molecule has 1 atom stereocenters. The molecule has 1 unspecified atom stereocenters. The first-order chi connectivity index (χ1) is 5.42. The fourth-order valence-corrected chi connectivity index (χ4v) is 0.561. The molecule has 6 heteroatoms. The molecule has 0 aliphatic rings. The summed E-state index contributed by atoms with van der Waals surface area (Å²) in [7, 11) is 0. The number of carboxylic acids is 2. The number of halogens is 1. The van der Waals surface area contributed by atoms with E-state index in [0.29, 0.717) is 0 Å². The molecule has 0 spiro atoms. The van der Waals surface area contributed by atoms with Gasteiger partial charge in [0.1, 0.15) is 12.2 Å². The molecule has 0 aromatic heterocycles. The maximum Gasteiger partial charge on any atom is 0.326 e. The Morgan fingerprint density at radius 1 is 1.42 bits per heavy atom. The molecule has 0 aromatic carbocycles. The van der Waals surface area contributed by atoms with E-state index < -0.39 is 37.0 Å². The molecule has 5 nitrogen and oxygen atoms in total. The lowest BCUT2D eigenvalue weighted by atomic mass is 9.97. The van der Waals surface area contributed by atoms with Gasteiger partial charge in [-0.2, -0.15) is 0 Å². The van der Waals surface area contributed by atoms with Crippen LogP contribution in [0.5, 0.6) is 0 Å². The average Bonchev–Trinajstić information content (AvgIpc) is 1.99. The highest BCUT2D eigenvalue weighted by Crippen LogP contribution is 2.10. The van der Waals surface area contributed by atoms with Crippen molar-refractivity contribution in [3.8, 4) is 0 Å². The highest BCUT2D eigenvalue weighted by atomic mass is 19.1. The van der Waals surface area contributed by atoms with Crippen LogP contribution in [0.25, 0.3) is 0 Å². The zero-order valence-corrected chi connectivity index (χ0v) is 6.29. The van der Waals surface area contributed by atoms with Gasteiger partial charge in [0.25, 0.3) is 0 Å². The minimum atomic E-state index is -2.06. The first-order valence-electron chi connectivity index (χ1n) is 3.22. The van der Waals surface area contributed by atoms with Crippen molar-refractivity contribution in [1.29, 1.82) is 0 Å². The van der Waals surface area contributed by atoms with Gasteiger partial charge in [0.05, 0.1) is 0 Å². The van der Waals surface area contributed by atoms with E-state index in [2.05, 4.69) is 0 Å². The molecule has 0 saturated carbocycles. The maximum atomic E-state index is 12.0. The van der Waals surface area contributed by atoms with Gasteiger partial charge < -0.3 is 15.9 Å². The second-order valence-corrected chi connectivity index (χ2v) is 2.49. The minimum Gasteiger partial charge on any atom is -0.481 e. The summed E-state index contributed by atoms with van der Waals surface area (Å²) in [5, 5.41) is 16.6. The van der Waals surface area contributed by atoms with Gasteiger partial charge in [-0.25, -0.2) is 4.39 Å². The smallest absolute Gasteiger partial charge is 0.326 e. The second kappa shape index (κ2) is 4.01. The average molecular weight is 179 g/mol. The van der Waals surface area contributed by atoms with Crippen LogP contribution in [0.1, 0.15) is 12.8 Å². The van der Waals surface area contributed by atoms with E-state index in [-0.39, 0.29) is 0 Å². The third kappa shape index (κ3) is 2.83. The largest absolute Gasteiger partial charge is 0.481 e. The lowest BCUT2D eigenvalue weighted by Crippen LogP contribution is -2.50. The molecule has 0 heterocycles. The molecule has 0 bridgehead atoms. The topological polar surface area (TPSA) is 101 Å². The predicted molar refractivity (Wildman–Crippen MR) is 37.4 cm³/mol. The normalized spacial score (nSPS) is 15.2. The van der Waals surface area contributed by atoms with Gasteiger partial charge in [0.2, 0.25) is 0 Å². The van der Waals surface area contributed by atoms with Crippen LogP contribution in [-0.4, -0.2) is 34.4 Å². The zero-order valence-electron chi connectivity index (χ0n) is 6.29. The highest BCUT2D eigenvalue weighted by molar-refractivity contribution is 5.79. The van der Waals surface area contributed by atoms with Crippen LogP contribution in [0.3, 0.4) is 0 Å². The van der Waals surface area contributed by atoms with Crippen molar-refractivity contribution in [3.05, 3.63) is 0 Å². The van der Waals surface area contributed by atoms with Crippen LogP contribution in [0.15, 0.2) is 0 Å². The van der Waals surface area contributed by atoms with Gasteiger partial charge in [-0.15, -0.1) is 0 Å². The summed E-state index contributed by atoms with van der Waals surface area (Å²) in [4.78, 5) is 20.3. The van der Waals surface area contributed by atoms with E-state index >= 15 is 0 Å². The Hall–Kier alpha value is -1.17. The van der Waals surface area contributed by atoms with E-state index in [1.807, 2.05) is 0 Å².